The number of aliphatic carboxylic acids is 1. The third-order valence-electron chi connectivity index (χ3n) is 5.17. The van der Waals surface area contributed by atoms with E-state index in [0.717, 1.165) is 5.56 Å². The Labute approximate surface area is 160 Å². The molecule has 1 aliphatic rings. The Bertz CT molecular complexity index is 672. The van der Waals surface area contributed by atoms with Crippen LogP contribution in [0.3, 0.4) is 0 Å². The van der Waals surface area contributed by atoms with Gasteiger partial charge in [-0.3, -0.25) is 9.59 Å². The van der Waals surface area contributed by atoms with Crippen LogP contribution in [0.5, 0.6) is 11.5 Å². The topological polar surface area (TPSA) is 85.3 Å². The van der Waals surface area contributed by atoms with Crippen molar-refractivity contribution in [2.24, 2.45) is 11.3 Å². The first-order valence-electron chi connectivity index (χ1n) is 9.09. The normalized spacial score (nSPS) is 20.8. The molecule has 1 fully saturated rings. The molecule has 150 valence electrons. The highest BCUT2D eigenvalue weighted by Crippen LogP contribution is 2.32. The second-order valence-electron chi connectivity index (χ2n) is 7.18. The van der Waals surface area contributed by atoms with Crippen molar-refractivity contribution in [3.63, 3.8) is 0 Å². The van der Waals surface area contributed by atoms with Crippen LogP contribution in [0.4, 0.5) is 0 Å². The largest absolute Gasteiger partial charge is 0.493 e. The summed E-state index contributed by atoms with van der Waals surface area (Å²) in [4.78, 5) is 26.4. The zero-order valence-electron chi connectivity index (χ0n) is 16.5. The molecule has 1 aliphatic heterocycles. The minimum atomic E-state index is -1.02. The first kappa shape index (κ1) is 21.0. The summed E-state index contributed by atoms with van der Waals surface area (Å²) in [6, 6.07) is 5.60. The van der Waals surface area contributed by atoms with Gasteiger partial charge in [-0.15, -0.1) is 0 Å². The van der Waals surface area contributed by atoms with Crippen LogP contribution < -0.4 is 9.47 Å². The van der Waals surface area contributed by atoms with Crippen LogP contribution in [0.1, 0.15) is 25.3 Å². The zero-order chi connectivity index (χ0) is 20.0. The lowest BCUT2D eigenvalue weighted by Crippen LogP contribution is -2.53. The van der Waals surface area contributed by atoms with E-state index in [9.17, 15) is 14.7 Å². The molecule has 2 rings (SSSR count). The smallest absolute Gasteiger partial charge is 0.313 e. The molecular weight excluding hydrogens is 350 g/mol. The fourth-order valence-corrected chi connectivity index (χ4v) is 3.71. The van der Waals surface area contributed by atoms with Gasteiger partial charge < -0.3 is 24.2 Å². The van der Waals surface area contributed by atoms with Crippen LogP contribution in [0.2, 0.25) is 0 Å². The third kappa shape index (κ3) is 4.71. The van der Waals surface area contributed by atoms with Crippen LogP contribution in [-0.2, 0) is 20.7 Å². The van der Waals surface area contributed by atoms with E-state index in [1.807, 2.05) is 25.1 Å². The number of likely N-dealkylation sites (tertiary alicyclic amines) is 1. The van der Waals surface area contributed by atoms with Crippen LogP contribution in [-0.4, -0.2) is 62.9 Å². The molecule has 2 unspecified atom stereocenters. The molecule has 0 saturated carbocycles. The van der Waals surface area contributed by atoms with Gasteiger partial charge in [0.15, 0.2) is 11.5 Å². The lowest BCUT2D eigenvalue weighted by Gasteiger charge is -2.40. The number of carboxylic acids is 1. The van der Waals surface area contributed by atoms with Gasteiger partial charge in [-0.25, -0.2) is 0 Å². The quantitative estimate of drug-likeness (QED) is 0.745. The van der Waals surface area contributed by atoms with Gasteiger partial charge in [0.2, 0.25) is 5.91 Å². The molecule has 1 heterocycles. The Morgan fingerprint density at radius 2 is 1.93 bits per heavy atom. The van der Waals surface area contributed by atoms with E-state index in [2.05, 4.69) is 0 Å². The highest BCUT2D eigenvalue weighted by Gasteiger charge is 2.44. The number of carboxylic acid groups (broad SMARTS) is 1. The summed E-state index contributed by atoms with van der Waals surface area (Å²) in [6.07, 6.45) is 1.72. The lowest BCUT2D eigenvalue weighted by atomic mass is 9.80. The maximum Gasteiger partial charge on any atom is 0.313 e. The molecular formula is C20H29NO6. The van der Waals surface area contributed by atoms with Gasteiger partial charge in [-0.2, -0.15) is 0 Å². The molecule has 27 heavy (non-hydrogen) atoms. The number of nitrogens with zero attached hydrogens (tertiary/aromatic N) is 1. The van der Waals surface area contributed by atoms with Gasteiger partial charge in [0, 0.05) is 26.1 Å². The number of ether oxygens (including phenoxy) is 3. The van der Waals surface area contributed by atoms with E-state index in [4.69, 9.17) is 14.2 Å². The van der Waals surface area contributed by atoms with Crippen molar-refractivity contribution in [2.45, 2.75) is 26.2 Å². The monoisotopic (exact) mass is 379 g/mol. The molecule has 0 radical (unpaired) electrons. The molecule has 7 heteroatoms. The van der Waals surface area contributed by atoms with Gasteiger partial charge in [0.05, 0.1) is 20.8 Å². The SMILES string of the molecule is COCC1(C(=O)O)CCCN(C(=O)C(C)Cc2ccc(OC)c(OC)c2)C1. The van der Waals surface area contributed by atoms with Gasteiger partial charge in [-0.05, 0) is 37.0 Å². The number of methoxy groups -OCH3 is 3. The van der Waals surface area contributed by atoms with Crippen molar-refractivity contribution in [3.8, 4) is 11.5 Å². The van der Waals surface area contributed by atoms with Gasteiger partial charge in [0.1, 0.15) is 5.41 Å². The predicted octanol–water partition coefficient (Wildman–Crippen LogP) is 2.22. The van der Waals surface area contributed by atoms with E-state index in [-0.39, 0.29) is 25.0 Å². The maximum atomic E-state index is 12.9. The van der Waals surface area contributed by atoms with E-state index in [0.29, 0.717) is 37.3 Å². The average Bonchev–Trinajstić information content (AvgIpc) is 2.67. The zero-order valence-corrected chi connectivity index (χ0v) is 16.5. The highest BCUT2D eigenvalue weighted by molar-refractivity contribution is 5.81. The Morgan fingerprint density at radius 1 is 1.22 bits per heavy atom. The fraction of sp³-hybridized carbons (Fsp3) is 0.600. The number of carbonyl (C=O) groups excluding carboxylic acids is 1. The molecule has 0 aromatic heterocycles. The second kappa shape index (κ2) is 9.08. The van der Waals surface area contributed by atoms with Crippen LogP contribution in [0.25, 0.3) is 0 Å². The predicted molar refractivity (Wildman–Crippen MR) is 100 cm³/mol. The van der Waals surface area contributed by atoms with E-state index < -0.39 is 11.4 Å². The van der Waals surface area contributed by atoms with Crippen molar-refractivity contribution in [1.29, 1.82) is 0 Å². The molecule has 1 aromatic rings. The van der Waals surface area contributed by atoms with E-state index >= 15 is 0 Å². The Balaban J connectivity index is 2.09. The second-order valence-corrected chi connectivity index (χ2v) is 7.18. The van der Waals surface area contributed by atoms with E-state index in [1.54, 1.807) is 19.1 Å². The van der Waals surface area contributed by atoms with Gasteiger partial charge in [-0.1, -0.05) is 13.0 Å². The van der Waals surface area contributed by atoms with Gasteiger partial charge in [0.25, 0.3) is 0 Å². The minimum Gasteiger partial charge on any atom is -0.493 e. The van der Waals surface area contributed by atoms with Crippen molar-refractivity contribution in [3.05, 3.63) is 23.8 Å². The van der Waals surface area contributed by atoms with Crippen molar-refractivity contribution >= 4 is 11.9 Å². The lowest BCUT2D eigenvalue weighted by molar-refractivity contribution is -0.159. The first-order chi connectivity index (χ1) is 12.9. The number of carbonyl (C=O) groups is 2. The molecule has 0 spiro atoms. The molecule has 1 N–H and O–H groups in total. The molecule has 1 aromatic carbocycles. The molecule has 1 saturated heterocycles. The number of amides is 1. The van der Waals surface area contributed by atoms with Crippen LogP contribution in [0.15, 0.2) is 18.2 Å². The number of piperidine rings is 1. The number of hydrogen-bond donors (Lipinski definition) is 1. The van der Waals surface area contributed by atoms with Crippen LogP contribution >= 0.6 is 0 Å². The first-order valence-corrected chi connectivity index (χ1v) is 9.09. The van der Waals surface area contributed by atoms with Crippen molar-refractivity contribution < 1.29 is 28.9 Å². The summed E-state index contributed by atoms with van der Waals surface area (Å²) in [5.41, 5.74) is -0.0574. The molecule has 2 atom stereocenters. The number of benzene rings is 1. The summed E-state index contributed by atoms with van der Waals surface area (Å²) in [6.45, 7) is 2.74. The molecule has 0 aliphatic carbocycles. The van der Waals surface area contributed by atoms with Crippen molar-refractivity contribution in [1.82, 2.24) is 4.90 Å². The Kier molecular flexibility index (Phi) is 7.07. The maximum absolute atomic E-state index is 12.9. The summed E-state index contributed by atoms with van der Waals surface area (Å²) >= 11 is 0. The number of rotatable bonds is 8. The minimum absolute atomic E-state index is 0.0359. The highest BCUT2D eigenvalue weighted by atomic mass is 16.5. The summed E-state index contributed by atoms with van der Waals surface area (Å²) in [5, 5.41) is 9.66. The fourth-order valence-electron chi connectivity index (χ4n) is 3.71. The van der Waals surface area contributed by atoms with Crippen LogP contribution in [0, 0.1) is 11.3 Å². The summed E-state index contributed by atoms with van der Waals surface area (Å²) in [7, 11) is 4.64. The third-order valence-corrected chi connectivity index (χ3v) is 5.17. The van der Waals surface area contributed by atoms with Gasteiger partial charge >= 0.3 is 5.97 Å². The standard InChI is InChI=1S/C20H29NO6/c1-14(10-15-6-7-16(26-3)17(11-15)27-4)18(22)21-9-5-8-20(12-21,13-25-2)19(23)24/h6-7,11,14H,5,8-10,12-13H2,1-4H3,(H,23,24). The molecule has 1 amide bonds. The Morgan fingerprint density at radius 3 is 2.52 bits per heavy atom. The molecule has 0 bridgehead atoms. The molecule has 7 nitrogen and oxygen atoms in total. The summed E-state index contributed by atoms with van der Waals surface area (Å²) in [5.74, 6) is 0.0514. The Hall–Kier alpha value is -2.28. The summed E-state index contributed by atoms with van der Waals surface area (Å²) < 4.78 is 15.7. The number of hydrogen-bond acceptors (Lipinski definition) is 5. The van der Waals surface area contributed by atoms with Crippen molar-refractivity contribution in [2.75, 3.05) is 41.0 Å². The van der Waals surface area contributed by atoms with E-state index in [1.165, 1.54) is 7.11 Å². The average molecular weight is 379 g/mol.